The van der Waals surface area contributed by atoms with Gasteiger partial charge in [0.15, 0.2) is 23.0 Å². The summed E-state index contributed by atoms with van der Waals surface area (Å²) in [5.41, 5.74) is 1.33. The number of ether oxygens (including phenoxy) is 3. The lowest BCUT2D eigenvalue weighted by Gasteiger charge is -2.05. The molecule has 23 heavy (non-hydrogen) atoms. The molecule has 2 aromatic rings. The summed E-state index contributed by atoms with van der Waals surface area (Å²) in [7, 11) is 0. The average molecular weight is 336 g/mol. The van der Waals surface area contributed by atoms with Crippen molar-refractivity contribution in [3.8, 4) is 27.7 Å². The number of carbonyl (C=O) groups is 2. The predicted molar refractivity (Wildman–Crippen MR) is 80.7 cm³/mol. The van der Waals surface area contributed by atoms with E-state index in [-0.39, 0.29) is 17.4 Å². The Morgan fingerprint density at radius 3 is 2.70 bits per heavy atom. The number of thiophene rings is 1. The Bertz CT molecular complexity index is 793. The second-order valence-corrected chi connectivity index (χ2v) is 5.79. The third-order valence-corrected chi connectivity index (χ3v) is 4.57. The minimum atomic E-state index is -1.17. The fraction of sp³-hybridized carbons (Fsp3) is 0.200. The Balaban J connectivity index is 2.04. The molecule has 1 aromatic heterocycles. The van der Waals surface area contributed by atoms with Gasteiger partial charge in [-0.05, 0) is 30.7 Å². The van der Waals surface area contributed by atoms with Crippen molar-refractivity contribution in [1.29, 1.82) is 0 Å². The molecule has 0 saturated heterocycles. The Morgan fingerprint density at radius 1 is 1.26 bits per heavy atom. The molecular formula is C15H12O7S. The number of benzene rings is 1. The van der Waals surface area contributed by atoms with Crippen LogP contribution in [0.4, 0.5) is 0 Å². The van der Waals surface area contributed by atoms with Crippen LogP contribution in [0.5, 0.6) is 17.2 Å². The molecule has 0 aliphatic carbocycles. The monoisotopic (exact) mass is 336 g/mol. The molecule has 0 amide bonds. The molecule has 120 valence electrons. The molecule has 2 heterocycles. The van der Waals surface area contributed by atoms with E-state index in [1.165, 1.54) is 0 Å². The van der Waals surface area contributed by atoms with Gasteiger partial charge in [0, 0.05) is 10.4 Å². The fourth-order valence-electron chi connectivity index (χ4n) is 2.26. The Labute approximate surface area is 134 Å². The number of aliphatic carboxylic acids is 1. The van der Waals surface area contributed by atoms with Crippen LogP contribution >= 0.6 is 11.3 Å². The van der Waals surface area contributed by atoms with Gasteiger partial charge in [-0.25, -0.2) is 9.59 Å². The summed E-state index contributed by atoms with van der Waals surface area (Å²) in [6, 6.07) is 5.29. The van der Waals surface area contributed by atoms with Crippen molar-refractivity contribution in [2.75, 3.05) is 13.4 Å². The molecule has 7 nitrogen and oxygen atoms in total. The zero-order chi connectivity index (χ0) is 16.6. The third-order valence-electron chi connectivity index (χ3n) is 3.26. The summed E-state index contributed by atoms with van der Waals surface area (Å²) in [5, 5.41) is 18.0. The molecule has 1 aliphatic heterocycles. The van der Waals surface area contributed by atoms with E-state index in [1.807, 2.05) is 0 Å². The van der Waals surface area contributed by atoms with E-state index in [4.69, 9.17) is 19.3 Å². The molecular weight excluding hydrogens is 324 g/mol. The number of hydrogen-bond acceptors (Lipinski definition) is 6. The van der Waals surface area contributed by atoms with Crippen molar-refractivity contribution in [2.45, 2.75) is 6.92 Å². The molecule has 0 saturated carbocycles. The Hall–Kier alpha value is -2.74. The van der Waals surface area contributed by atoms with Crippen LogP contribution in [-0.4, -0.2) is 35.6 Å². The van der Waals surface area contributed by atoms with Crippen molar-refractivity contribution in [3.63, 3.8) is 0 Å². The van der Waals surface area contributed by atoms with Gasteiger partial charge in [-0.15, -0.1) is 11.3 Å². The van der Waals surface area contributed by atoms with E-state index in [9.17, 15) is 14.7 Å². The lowest BCUT2D eigenvalue weighted by molar-refractivity contribution is -0.139. The first-order valence-corrected chi connectivity index (χ1v) is 7.40. The molecule has 0 radical (unpaired) electrons. The lowest BCUT2D eigenvalue weighted by Crippen LogP contribution is -2.11. The van der Waals surface area contributed by atoms with Crippen LogP contribution in [0, 0.1) is 6.92 Å². The number of hydrogen-bond donors (Lipinski definition) is 2. The van der Waals surface area contributed by atoms with E-state index in [1.54, 1.807) is 25.1 Å². The third kappa shape index (κ3) is 2.80. The van der Waals surface area contributed by atoms with Gasteiger partial charge in [-0.2, -0.15) is 0 Å². The van der Waals surface area contributed by atoms with Gasteiger partial charge in [-0.3, -0.25) is 0 Å². The highest BCUT2D eigenvalue weighted by atomic mass is 32.1. The highest BCUT2D eigenvalue weighted by molar-refractivity contribution is 7.18. The fourth-order valence-corrected chi connectivity index (χ4v) is 3.35. The minimum absolute atomic E-state index is 0.0311. The molecule has 0 atom stereocenters. The number of aromatic carboxylic acids is 1. The van der Waals surface area contributed by atoms with Crippen molar-refractivity contribution in [1.82, 2.24) is 0 Å². The number of fused-ring (bicyclic) bond motifs is 1. The Morgan fingerprint density at radius 2 is 2.00 bits per heavy atom. The summed E-state index contributed by atoms with van der Waals surface area (Å²) in [6.45, 7) is 1.24. The lowest BCUT2D eigenvalue weighted by atomic mass is 10.1. The number of carboxylic acids is 2. The Kier molecular flexibility index (Phi) is 3.83. The summed E-state index contributed by atoms with van der Waals surface area (Å²) in [5.74, 6) is -1.04. The highest BCUT2D eigenvalue weighted by Gasteiger charge is 2.24. The largest absolute Gasteiger partial charge is 0.480 e. The second kappa shape index (κ2) is 5.81. The zero-order valence-electron chi connectivity index (χ0n) is 12.0. The molecule has 2 N–H and O–H groups in total. The quantitative estimate of drug-likeness (QED) is 0.865. The van der Waals surface area contributed by atoms with E-state index < -0.39 is 18.5 Å². The van der Waals surface area contributed by atoms with Gasteiger partial charge in [0.1, 0.15) is 5.75 Å². The van der Waals surface area contributed by atoms with Gasteiger partial charge in [0.25, 0.3) is 0 Å². The normalized spacial score (nSPS) is 12.2. The summed E-state index contributed by atoms with van der Waals surface area (Å²) >= 11 is 1.03. The first-order chi connectivity index (χ1) is 11.0. The molecule has 0 fully saturated rings. The first-order valence-electron chi connectivity index (χ1n) is 6.58. The second-order valence-electron chi connectivity index (χ2n) is 4.77. The van der Waals surface area contributed by atoms with Crippen molar-refractivity contribution < 1.29 is 34.0 Å². The molecule has 8 heteroatoms. The van der Waals surface area contributed by atoms with Gasteiger partial charge in [0.2, 0.25) is 6.79 Å². The number of carboxylic acid groups (broad SMARTS) is 2. The van der Waals surface area contributed by atoms with Crippen LogP contribution in [0.3, 0.4) is 0 Å². The average Bonchev–Trinajstić information content (AvgIpc) is 3.08. The maximum Gasteiger partial charge on any atom is 0.349 e. The summed E-state index contributed by atoms with van der Waals surface area (Å²) in [6.07, 6.45) is 0. The molecule has 1 aliphatic rings. The molecule has 0 bridgehead atoms. The van der Waals surface area contributed by atoms with Gasteiger partial charge >= 0.3 is 11.9 Å². The maximum absolute atomic E-state index is 11.4. The molecule has 3 rings (SSSR count). The minimum Gasteiger partial charge on any atom is -0.480 e. The van der Waals surface area contributed by atoms with Gasteiger partial charge in [-0.1, -0.05) is 0 Å². The smallest absolute Gasteiger partial charge is 0.349 e. The van der Waals surface area contributed by atoms with Gasteiger partial charge in [0.05, 0.1) is 0 Å². The van der Waals surface area contributed by atoms with Crippen LogP contribution in [-0.2, 0) is 4.79 Å². The van der Waals surface area contributed by atoms with E-state index >= 15 is 0 Å². The summed E-state index contributed by atoms with van der Waals surface area (Å²) in [4.78, 5) is 22.7. The molecule has 0 spiro atoms. The number of rotatable bonds is 5. The SMILES string of the molecule is Cc1c(-c2ccc3c(c2)OCO3)sc(C(=O)O)c1OCC(=O)O. The van der Waals surface area contributed by atoms with E-state index in [2.05, 4.69) is 0 Å². The topological polar surface area (TPSA) is 102 Å². The summed E-state index contributed by atoms with van der Waals surface area (Å²) < 4.78 is 15.7. The zero-order valence-corrected chi connectivity index (χ0v) is 12.8. The van der Waals surface area contributed by atoms with Gasteiger partial charge < -0.3 is 24.4 Å². The van der Waals surface area contributed by atoms with Crippen molar-refractivity contribution in [2.24, 2.45) is 0 Å². The maximum atomic E-state index is 11.4. The standard InChI is InChI=1S/C15H12O7S/c1-7-12(20-5-11(16)17)14(15(18)19)23-13(7)8-2-3-9-10(4-8)22-6-21-9/h2-4H,5-6H2,1H3,(H,16,17)(H,18,19). The van der Waals surface area contributed by atoms with Crippen molar-refractivity contribution >= 4 is 23.3 Å². The van der Waals surface area contributed by atoms with Crippen LogP contribution in [0.1, 0.15) is 15.2 Å². The highest BCUT2D eigenvalue weighted by Crippen LogP contribution is 2.44. The van der Waals surface area contributed by atoms with Crippen LogP contribution in [0.2, 0.25) is 0 Å². The molecule has 1 aromatic carbocycles. The van der Waals surface area contributed by atoms with E-state index in [0.29, 0.717) is 21.9 Å². The predicted octanol–water partition coefficient (Wildman–Crippen LogP) is 2.61. The van der Waals surface area contributed by atoms with Crippen molar-refractivity contribution in [3.05, 3.63) is 28.6 Å². The van der Waals surface area contributed by atoms with Crippen LogP contribution in [0.15, 0.2) is 18.2 Å². The first kappa shape index (κ1) is 15.2. The van der Waals surface area contributed by atoms with Crippen LogP contribution in [0.25, 0.3) is 10.4 Å². The molecule has 0 unspecified atom stereocenters. The van der Waals surface area contributed by atoms with E-state index in [0.717, 1.165) is 16.9 Å². The van der Waals surface area contributed by atoms with Crippen LogP contribution < -0.4 is 14.2 Å².